The first-order valence-electron chi connectivity index (χ1n) is 11.4. The Hall–Kier alpha value is -4.09. The second-order valence-corrected chi connectivity index (χ2v) is 8.68. The fraction of sp³-hybridized carbons (Fsp3) is 0.360. The zero-order valence-corrected chi connectivity index (χ0v) is 20.5. The van der Waals surface area contributed by atoms with Crippen LogP contribution in [0.25, 0.3) is 11.1 Å². The smallest absolute Gasteiger partial charge is 0.419 e. The molecular weight excluding hydrogens is 495 g/mol. The third-order valence-electron chi connectivity index (χ3n) is 6.51. The molecule has 1 aliphatic rings. The van der Waals surface area contributed by atoms with Gasteiger partial charge in [-0.2, -0.15) is 13.2 Å². The molecule has 3 aromatic rings. The summed E-state index contributed by atoms with van der Waals surface area (Å²) in [7, 11) is 1.51. The third-order valence-corrected chi connectivity index (χ3v) is 6.51. The van der Waals surface area contributed by atoms with Crippen LogP contribution in [0.5, 0.6) is 0 Å². The predicted molar refractivity (Wildman–Crippen MR) is 126 cm³/mol. The highest BCUT2D eigenvalue weighted by molar-refractivity contribution is 6.13. The fourth-order valence-electron chi connectivity index (χ4n) is 4.56. The van der Waals surface area contributed by atoms with Crippen molar-refractivity contribution >= 4 is 34.7 Å². The van der Waals surface area contributed by atoms with Crippen molar-refractivity contribution in [2.24, 2.45) is 13.0 Å². The molecule has 1 aromatic heterocycles. The maximum absolute atomic E-state index is 13.6. The molecule has 1 fully saturated rings. The second kappa shape index (κ2) is 9.41. The van der Waals surface area contributed by atoms with Gasteiger partial charge in [-0.05, 0) is 50.1 Å². The maximum Gasteiger partial charge on any atom is 0.419 e. The van der Waals surface area contributed by atoms with Crippen molar-refractivity contribution in [3.8, 4) is 0 Å². The summed E-state index contributed by atoms with van der Waals surface area (Å²) < 4.78 is 52.1. The zero-order valence-electron chi connectivity index (χ0n) is 20.5. The lowest BCUT2D eigenvalue weighted by molar-refractivity contribution is -0.155. The molecule has 9 nitrogen and oxygen atoms in total. The quantitative estimate of drug-likeness (QED) is 0.371. The zero-order chi connectivity index (χ0) is 27.2. The van der Waals surface area contributed by atoms with Gasteiger partial charge in [-0.1, -0.05) is 12.1 Å². The number of nitrogens with zero attached hydrogens (tertiary/aromatic N) is 3. The molecular formula is C25H24F3N3O6. The molecule has 196 valence electrons. The van der Waals surface area contributed by atoms with Crippen LogP contribution in [0, 0.1) is 12.8 Å². The van der Waals surface area contributed by atoms with Crippen molar-refractivity contribution in [2.45, 2.75) is 33.0 Å². The second-order valence-electron chi connectivity index (χ2n) is 8.68. The van der Waals surface area contributed by atoms with Gasteiger partial charge in [-0.3, -0.25) is 24.0 Å². The first kappa shape index (κ1) is 26.0. The predicted octanol–water partition coefficient (Wildman–Crippen LogP) is 4.17. The molecule has 1 saturated heterocycles. The van der Waals surface area contributed by atoms with Crippen LogP contribution in [0.2, 0.25) is 0 Å². The van der Waals surface area contributed by atoms with E-state index in [1.807, 2.05) is 0 Å². The molecule has 0 saturated carbocycles. The number of hydrogen-bond donors (Lipinski definition) is 0. The van der Waals surface area contributed by atoms with E-state index in [0.29, 0.717) is 5.52 Å². The van der Waals surface area contributed by atoms with Gasteiger partial charge in [0.05, 0.1) is 30.3 Å². The number of imide groups is 1. The summed E-state index contributed by atoms with van der Waals surface area (Å²) in [6.07, 6.45) is -4.63. The summed E-state index contributed by atoms with van der Waals surface area (Å²) in [6, 6.07) is 6.03. The minimum atomic E-state index is -4.63. The molecule has 2 heterocycles. The summed E-state index contributed by atoms with van der Waals surface area (Å²) in [5.41, 5.74) is -0.0636. The number of hydrogen-bond acceptors (Lipinski definition) is 6. The standard InChI is InChI=1S/C25H24F3N3O6/c1-5-36-22(33)17-12-30(15-9-10-19-20(11-15)37-24(35)29(19)4)23(34)31(21(17)32)14(3)16-7-6-8-18(13(16)2)25(26,27)28/h6-11,14,17H,5,12H2,1-4H3. The maximum atomic E-state index is 13.6. The number of benzene rings is 2. The number of anilines is 1. The lowest BCUT2D eigenvalue weighted by Gasteiger charge is -2.40. The first-order chi connectivity index (χ1) is 17.4. The first-order valence-corrected chi connectivity index (χ1v) is 11.4. The Bertz CT molecular complexity index is 1460. The number of amides is 3. The molecule has 2 atom stereocenters. The molecule has 0 radical (unpaired) electrons. The highest BCUT2D eigenvalue weighted by Gasteiger charge is 2.47. The Morgan fingerprint density at radius 1 is 1.19 bits per heavy atom. The van der Waals surface area contributed by atoms with Gasteiger partial charge in [0.25, 0.3) is 0 Å². The van der Waals surface area contributed by atoms with E-state index in [9.17, 15) is 32.3 Å². The van der Waals surface area contributed by atoms with Gasteiger partial charge in [0.15, 0.2) is 11.5 Å². The summed E-state index contributed by atoms with van der Waals surface area (Å²) in [5, 5.41) is 0. The van der Waals surface area contributed by atoms with E-state index in [2.05, 4.69) is 0 Å². The average molecular weight is 519 g/mol. The lowest BCUT2D eigenvalue weighted by atomic mass is 9.94. The fourth-order valence-corrected chi connectivity index (χ4v) is 4.56. The molecule has 37 heavy (non-hydrogen) atoms. The van der Waals surface area contributed by atoms with Crippen molar-refractivity contribution in [2.75, 3.05) is 18.1 Å². The number of alkyl halides is 3. The molecule has 1 aliphatic heterocycles. The number of urea groups is 1. The molecule has 0 bridgehead atoms. The van der Waals surface area contributed by atoms with Crippen molar-refractivity contribution in [1.82, 2.24) is 9.47 Å². The highest BCUT2D eigenvalue weighted by Crippen LogP contribution is 2.38. The van der Waals surface area contributed by atoms with Crippen molar-refractivity contribution in [3.63, 3.8) is 0 Å². The summed E-state index contributed by atoms with van der Waals surface area (Å²) >= 11 is 0. The molecule has 0 aliphatic carbocycles. The van der Waals surface area contributed by atoms with E-state index in [4.69, 9.17) is 9.15 Å². The Kier molecular flexibility index (Phi) is 6.61. The number of aromatic nitrogens is 1. The van der Waals surface area contributed by atoms with E-state index < -0.39 is 47.4 Å². The van der Waals surface area contributed by atoms with Crippen LogP contribution in [-0.2, 0) is 27.5 Å². The number of esters is 1. The van der Waals surface area contributed by atoms with Gasteiger partial charge in [0.2, 0.25) is 5.91 Å². The van der Waals surface area contributed by atoms with E-state index in [1.165, 1.54) is 49.7 Å². The minimum Gasteiger partial charge on any atom is -0.465 e. The van der Waals surface area contributed by atoms with E-state index in [-0.39, 0.29) is 35.5 Å². The molecule has 0 spiro atoms. The van der Waals surface area contributed by atoms with Crippen LogP contribution in [0.15, 0.2) is 45.6 Å². The summed E-state index contributed by atoms with van der Waals surface area (Å²) in [4.78, 5) is 53.5. The minimum absolute atomic E-state index is 0.0139. The summed E-state index contributed by atoms with van der Waals surface area (Å²) in [6.45, 7) is 3.87. The van der Waals surface area contributed by atoms with Gasteiger partial charge in [0, 0.05) is 18.8 Å². The number of aryl methyl sites for hydroxylation is 1. The monoisotopic (exact) mass is 519 g/mol. The highest BCUT2D eigenvalue weighted by atomic mass is 19.4. The molecule has 12 heteroatoms. The number of fused-ring (bicyclic) bond motifs is 1. The normalized spacial score (nSPS) is 17.4. The van der Waals surface area contributed by atoms with Crippen LogP contribution in [-0.4, -0.2) is 40.5 Å². The number of rotatable bonds is 5. The van der Waals surface area contributed by atoms with Crippen molar-refractivity contribution in [3.05, 3.63) is 63.6 Å². The molecule has 2 unspecified atom stereocenters. The van der Waals surface area contributed by atoms with E-state index in [1.54, 1.807) is 13.0 Å². The Morgan fingerprint density at radius 2 is 1.89 bits per heavy atom. The SMILES string of the molecule is CCOC(=O)C1CN(c2ccc3c(c2)oc(=O)n3C)C(=O)N(C(C)c2cccc(C(F)(F)F)c2C)C1=O. The Balaban J connectivity index is 1.81. The summed E-state index contributed by atoms with van der Waals surface area (Å²) in [5.74, 6) is -3.77. The number of ether oxygens (including phenoxy) is 1. The molecule has 3 amide bonds. The van der Waals surface area contributed by atoms with Crippen molar-refractivity contribution < 1.29 is 36.7 Å². The van der Waals surface area contributed by atoms with Crippen LogP contribution >= 0.6 is 0 Å². The van der Waals surface area contributed by atoms with Gasteiger partial charge >= 0.3 is 23.9 Å². The lowest BCUT2D eigenvalue weighted by Crippen LogP contribution is -2.59. The third kappa shape index (κ3) is 4.47. The topological polar surface area (TPSA) is 102 Å². The van der Waals surface area contributed by atoms with Crippen LogP contribution in [0.3, 0.4) is 0 Å². The largest absolute Gasteiger partial charge is 0.465 e. The van der Waals surface area contributed by atoms with Crippen LogP contribution in [0.4, 0.5) is 23.7 Å². The van der Waals surface area contributed by atoms with Crippen molar-refractivity contribution in [1.29, 1.82) is 0 Å². The number of carbonyl (C=O) groups excluding carboxylic acids is 3. The number of halogens is 3. The van der Waals surface area contributed by atoms with E-state index >= 15 is 0 Å². The van der Waals surface area contributed by atoms with Gasteiger partial charge in [0.1, 0.15) is 0 Å². The number of oxazole rings is 1. The Morgan fingerprint density at radius 3 is 2.54 bits per heavy atom. The molecule has 4 rings (SSSR count). The van der Waals surface area contributed by atoms with Crippen LogP contribution in [0.1, 0.15) is 36.6 Å². The number of carbonyl (C=O) groups is 3. The van der Waals surface area contributed by atoms with Gasteiger partial charge < -0.3 is 9.15 Å². The average Bonchev–Trinajstić information content (AvgIpc) is 3.11. The van der Waals surface area contributed by atoms with Crippen LogP contribution < -0.4 is 10.7 Å². The van der Waals surface area contributed by atoms with E-state index in [0.717, 1.165) is 15.9 Å². The molecule has 2 aromatic carbocycles. The van der Waals surface area contributed by atoms with Gasteiger partial charge in [-0.15, -0.1) is 0 Å². The molecule has 0 N–H and O–H groups in total. The van der Waals surface area contributed by atoms with Gasteiger partial charge in [-0.25, -0.2) is 9.59 Å². The Labute approximate surface area is 209 Å².